The van der Waals surface area contributed by atoms with Gasteiger partial charge >= 0.3 is 6.03 Å². The SMILES string of the molecule is Cc1ccc(CNC(=O)NCC(=O)NCc2c(Cl)cccc2-n2ccnc2)cc1. The third kappa shape index (κ3) is 5.83. The highest BCUT2D eigenvalue weighted by Gasteiger charge is 2.11. The summed E-state index contributed by atoms with van der Waals surface area (Å²) in [6, 6.07) is 12.9. The number of amides is 3. The van der Waals surface area contributed by atoms with Crippen LogP contribution in [-0.4, -0.2) is 28.0 Å². The number of halogens is 1. The molecule has 3 rings (SSSR count). The molecular weight excluding hydrogens is 390 g/mol. The molecule has 0 saturated carbocycles. The van der Waals surface area contributed by atoms with Crippen molar-refractivity contribution in [1.29, 1.82) is 0 Å². The van der Waals surface area contributed by atoms with Crippen LogP contribution in [0.3, 0.4) is 0 Å². The topological polar surface area (TPSA) is 88.0 Å². The lowest BCUT2D eigenvalue weighted by atomic mass is 10.1. The summed E-state index contributed by atoms with van der Waals surface area (Å²) in [5.74, 6) is -0.313. The molecule has 150 valence electrons. The molecule has 0 aliphatic heterocycles. The minimum Gasteiger partial charge on any atom is -0.350 e. The van der Waals surface area contributed by atoms with Crippen LogP contribution in [0.4, 0.5) is 4.79 Å². The minimum atomic E-state index is -0.405. The highest BCUT2D eigenvalue weighted by Crippen LogP contribution is 2.23. The normalized spacial score (nSPS) is 10.4. The van der Waals surface area contributed by atoms with Crippen LogP contribution in [0, 0.1) is 6.92 Å². The molecule has 7 nitrogen and oxygen atoms in total. The van der Waals surface area contributed by atoms with Crippen molar-refractivity contribution in [2.24, 2.45) is 0 Å². The van der Waals surface area contributed by atoms with Gasteiger partial charge in [0, 0.05) is 36.1 Å². The van der Waals surface area contributed by atoms with Gasteiger partial charge in [-0.15, -0.1) is 0 Å². The lowest BCUT2D eigenvalue weighted by Gasteiger charge is -2.13. The fourth-order valence-electron chi connectivity index (χ4n) is 2.73. The molecule has 3 amide bonds. The van der Waals surface area contributed by atoms with Gasteiger partial charge in [0.2, 0.25) is 5.91 Å². The van der Waals surface area contributed by atoms with E-state index in [-0.39, 0.29) is 19.0 Å². The molecule has 0 atom stereocenters. The van der Waals surface area contributed by atoms with Crippen molar-refractivity contribution in [3.63, 3.8) is 0 Å². The summed E-state index contributed by atoms with van der Waals surface area (Å²) in [6.45, 7) is 2.49. The first-order valence-corrected chi connectivity index (χ1v) is 9.50. The van der Waals surface area contributed by atoms with Gasteiger partial charge in [0.1, 0.15) is 0 Å². The van der Waals surface area contributed by atoms with Crippen LogP contribution in [0.1, 0.15) is 16.7 Å². The number of aryl methyl sites for hydroxylation is 1. The highest BCUT2D eigenvalue weighted by atomic mass is 35.5. The molecule has 0 spiro atoms. The predicted molar refractivity (Wildman–Crippen MR) is 112 cm³/mol. The average Bonchev–Trinajstić information content (AvgIpc) is 3.25. The van der Waals surface area contributed by atoms with E-state index in [1.807, 2.05) is 47.9 Å². The van der Waals surface area contributed by atoms with E-state index in [9.17, 15) is 9.59 Å². The number of urea groups is 1. The summed E-state index contributed by atoms with van der Waals surface area (Å²) in [6.07, 6.45) is 5.14. The second-order valence-electron chi connectivity index (χ2n) is 6.51. The fraction of sp³-hybridized carbons (Fsp3) is 0.190. The molecule has 1 heterocycles. The molecule has 0 aliphatic rings. The van der Waals surface area contributed by atoms with Crippen molar-refractivity contribution >= 4 is 23.5 Å². The molecule has 0 unspecified atom stereocenters. The summed E-state index contributed by atoms with van der Waals surface area (Å²) in [7, 11) is 0. The molecule has 29 heavy (non-hydrogen) atoms. The predicted octanol–water partition coefficient (Wildman–Crippen LogP) is 2.95. The standard InChI is InChI=1S/C21H22ClN5O2/c1-15-5-7-16(8-6-15)11-25-21(29)26-13-20(28)24-12-17-18(22)3-2-4-19(17)27-10-9-23-14-27/h2-10,14H,11-13H2,1H3,(H,24,28)(H2,25,26,29). The summed E-state index contributed by atoms with van der Waals surface area (Å²) in [4.78, 5) is 28.1. The molecule has 0 radical (unpaired) electrons. The van der Waals surface area contributed by atoms with Gasteiger partial charge < -0.3 is 20.5 Å². The first kappa shape index (κ1) is 20.4. The smallest absolute Gasteiger partial charge is 0.315 e. The van der Waals surface area contributed by atoms with E-state index >= 15 is 0 Å². The van der Waals surface area contributed by atoms with Gasteiger partial charge in [-0.3, -0.25) is 4.79 Å². The Morgan fingerprint density at radius 2 is 1.83 bits per heavy atom. The van der Waals surface area contributed by atoms with Gasteiger partial charge in [-0.1, -0.05) is 47.5 Å². The van der Waals surface area contributed by atoms with Gasteiger partial charge in [0.05, 0.1) is 18.6 Å². The molecule has 0 fully saturated rings. The molecule has 0 saturated heterocycles. The summed E-state index contributed by atoms with van der Waals surface area (Å²) in [5, 5.41) is 8.59. The largest absolute Gasteiger partial charge is 0.350 e. The number of benzene rings is 2. The summed E-state index contributed by atoms with van der Waals surface area (Å²) < 4.78 is 1.82. The average molecular weight is 412 g/mol. The maximum atomic E-state index is 12.1. The van der Waals surface area contributed by atoms with Crippen LogP contribution in [0.25, 0.3) is 5.69 Å². The van der Waals surface area contributed by atoms with Gasteiger partial charge in [0.15, 0.2) is 0 Å². The van der Waals surface area contributed by atoms with Crippen molar-refractivity contribution in [2.75, 3.05) is 6.54 Å². The van der Waals surface area contributed by atoms with Crippen molar-refractivity contribution in [3.05, 3.63) is 82.9 Å². The summed E-state index contributed by atoms with van der Waals surface area (Å²) in [5.41, 5.74) is 3.74. The Hall–Kier alpha value is -3.32. The molecule has 1 aromatic heterocycles. The number of rotatable bonds is 7. The maximum Gasteiger partial charge on any atom is 0.315 e. The zero-order valence-electron chi connectivity index (χ0n) is 16.0. The number of nitrogens with zero attached hydrogens (tertiary/aromatic N) is 2. The van der Waals surface area contributed by atoms with E-state index in [4.69, 9.17) is 11.6 Å². The van der Waals surface area contributed by atoms with Crippen LogP contribution in [0.15, 0.2) is 61.2 Å². The van der Waals surface area contributed by atoms with Crippen LogP contribution in [0.5, 0.6) is 0 Å². The minimum absolute atomic E-state index is 0.134. The van der Waals surface area contributed by atoms with E-state index < -0.39 is 6.03 Å². The molecule has 3 N–H and O–H groups in total. The zero-order chi connectivity index (χ0) is 20.6. The van der Waals surface area contributed by atoms with E-state index in [2.05, 4.69) is 20.9 Å². The monoisotopic (exact) mass is 411 g/mol. The zero-order valence-corrected chi connectivity index (χ0v) is 16.7. The van der Waals surface area contributed by atoms with E-state index in [1.54, 1.807) is 24.8 Å². The Morgan fingerprint density at radius 3 is 2.55 bits per heavy atom. The third-order valence-corrected chi connectivity index (χ3v) is 4.68. The molecule has 8 heteroatoms. The summed E-state index contributed by atoms with van der Waals surface area (Å²) >= 11 is 6.30. The Labute approximate surface area is 174 Å². The number of hydrogen-bond acceptors (Lipinski definition) is 3. The Balaban J connectivity index is 1.47. The molecule has 3 aromatic rings. The van der Waals surface area contributed by atoms with Crippen molar-refractivity contribution in [3.8, 4) is 5.69 Å². The van der Waals surface area contributed by atoms with Crippen LogP contribution in [-0.2, 0) is 17.9 Å². The van der Waals surface area contributed by atoms with E-state index in [0.29, 0.717) is 11.6 Å². The lowest BCUT2D eigenvalue weighted by Crippen LogP contribution is -2.41. The van der Waals surface area contributed by atoms with Crippen molar-refractivity contribution < 1.29 is 9.59 Å². The molecule has 0 bridgehead atoms. The number of hydrogen-bond donors (Lipinski definition) is 3. The van der Waals surface area contributed by atoms with E-state index in [1.165, 1.54) is 0 Å². The Bertz CT molecular complexity index is 971. The number of carbonyl (C=O) groups excluding carboxylic acids is 2. The fourth-order valence-corrected chi connectivity index (χ4v) is 2.96. The number of imidazole rings is 1. The van der Waals surface area contributed by atoms with Gasteiger partial charge in [-0.25, -0.2) is 9.78 Å². The van der Waals surface area contributed by atoms with Crippen molar-refractivity contribution in [2.45, 2.75) is 20.0 Å². The van der Waals surface area contributed by atoms with Crippen molar-refractivity contribution in [1.82, 2.24) is 25.5 Å². The maximum absolute atomic E-state index is 12.1. The third-order valence-electron chi connectivity index (χ3n) is 4.32. The highest BCUT2D eigenvalue weighted by molar-refractivity contribution is 6.31. The molecule has 0 aliphatic carbocycles. The van der Waals surface area contributed by atoms with Crippen LogP contribution in [0.2, 0.25) is 5.02 Å². The number of aromatic nitrogens is 2. The van der Waals surface area contributed by atoms with Gasteiger partial charge in [0.25, 0.3) is 0 Å². The number of carbonyl (C=O) groups is 2. The molecular formula is C21H22ClN5O2. The van der Waals surface area contributed by atoms with Gasteiger partial charge in [-0.2, -0.15) is 0 Å². The first-order chi connectivity index (χ1) is 14.0. The van der Waals surface area contributed by atoms with Crippen LogP contribution >= 0.6 is 11.6 Å². The second-order valence-corrected chi connectivity index (χ2v) is 6.91. The Kier molecular flexibility index (Phi) is 6.86. The quantitative estimate of drug-likeness (QED) is 0.558. The van der Waals surface area contributed by atoms with Crippen LogP contribution < -0.4 is 16.0 Å². The number of nitrogens with one attached hydrogen (secondary N) is 3. The Morgan fingerprint density at radius 1 is 1.03 bits per heavy atom. The lowest BCUT2D eigenvalue weighted by molar-refractivity contribution is -0.120. The molecule has 2 aromatic carbocycles. The first-order valence-electron chi connectivity index (χ1n) is 9.12. The van der Waals surface area contributed by atoms with Gasteiger partial charge in [-0.05, 0) is 24.6 Å². The van der Waals surface area contributed by atoms with E-state index in [0.717, 1.165) is 22.4 Å². The second kappa shape index (κ2) is 9.75.